The number of nitrogens with zero attached hydrogens (tertiary/aromatic N) is 4. The highest BCUT2D eigenvalue weighted by atomic mass is 35.5. The molecule has 1 aliphatic heterocycles. The minimum atomic E-state index is -0.169. The molecular weight excluding hydrogens is 372 g/mol. The van der Waals surface area contributed by atoms with Crippen LogP contribution in [0.2, 0.25) is 5.02 Å². The highest BCUT2D eigenvalue weighted by Crippen LogP contribution is 2.24. The molecule has 1 aromatic carbocycles. The Bertz CT molecular complexity index is 971. The molecule has 2 aromatic heterocycles. The van der Waals surface area contributed by atoms with Crippen LogP contribution in [-0.4, -0.2) is 32.2 Å². The van der Waals surface area contributed by atoms with Crippen molar-refractivity contribution in [1.29, 1.82) is 0 Å². The Balaban J connectivity index is 1.68. The summed E-state index contributed by atoms with van der Waals surface area (Å²) in [7, 11) is 0. The van der Waals surface area contributed by atoms with Crippen molar-refractivity contribution in [1.82, 2.24) is 19.5 Å². The van der Waals surface area contributed by atoms with Crippen LogP contribution in [0.15, 0.2) is 46.6 Å². The third-order valence-corrected chi connectivity index (χ3v) is 5.55. The largest absolute Gasteiger partial charge is 0.376 e. The molecule has 1 aliphatic rings. The normalized spacial score (nSPS) is 17.0. The molecule has 6 nitrogen and oxygen atoms in total. The van der Waals surface area contributed by atoms with E-state index >= 15 is 0 Å². The summed E-state index contributed by atoms with van der Waals surface area (Å²) in [4.78, 5) is 25.9. The molecule has 8 heteroatoms. The number of hydrogen-bond acceptors (Lipinski definition) is 6. The van der Waals surface area contributed by atoms with Crippen LogP contribution in [0.1, 0.15) is 18.4 Å². The third-order valence-electron chi connectivity index (χ3n) is 4.25. The fourth-order valence-corrected chi connectivity index (χ4v) is 4.00. The van der Waals surface area contributed by atoms with Crippen LogP contribution in [0.3, 0.4) is 0 Å². The molecule has 0 bridgehead atoms. The van der Waals surface area contributed by atoms with Gasteiger partial charge in [-0.15, -0.1) is 0 Å². The van der Waals surface area contributed by atoms with Crippen LogP contribution in [0.25, 0.3) is 11.2 Å². The first-order valence-electron chi connectivity index (χ1n) is 8.41. The van der Waals surface area contributed by atoms with Gasteiger partial charge in [-0.3, -0.25) is 9.36 Å². The van der Waals surface area contributed by atoms with E-state index in [-0.39, 0.29) is 11.7 Å². The first-order valence-corrected chi connectivity index (χ1v) is 9.77. The minimum Gasteiger partial charge on any atom is -0.376 e. The summed E-state index contributed by atoms with van der Waals surface area (Å²) in [5.41, 5.74) is 1.61. The second kappa shape index (κ2) is 7.73. The highest BCUT2D eigenvalue weighted by molar-refractivity contribution is 7.98. The quantitative estimate of drug-likeness (QED) is 0.493. The fourth-order valence-electron chi connectivity index (χ4n) is 2.92. The zero-order valence-corrected chi connectivity index (χ0v) is 15.5. The Morgan fingerprint density at radius 1 is 1.23 bits per heavy atom. The van der Waals surface area contributed by atoms with E-state index in [0.29, 0.717) is 33.6 Å². The van der Waals surface area contributed by atoms with Gasteiger partial charge in [0.15, 0.2) is 16.3 Å². The smallest absolute Gasteiger partial charge is 0.282 e. The molecule has 0 aliphatic carbocycles. The number of thioether (sulfide) groups is 1. The zero-order chi connectivity index (χ0) is 17.9. The van der Waals surface area contributed by atoms with Crippen LogP contribution in [-0.2, 0) is 17.0 Å². The van der Waals surface area contributed by atoms with Gasteiger partial charge in [0.2, 0.25) is 0 Å². The predicted molar refractivity (Wildman–Crippen MR) is 102 cm³/mol. The molecule has 0 saturated carbocycles. The van der Waals surface area contributed by atoms with Crippen LogP contribution < -0.4 is 5.56 Å². The van der Waals surface area contributed by atoms with Gasteiger partial charge in [0.25, 0.3) is 5.56 Å². The lowest BCUT2D eigenvalue weighted by Crippen LogP contribution is -2.29. The SMILES string of the molecule is O=c1c2nccnc2nc(SCc2ccc(Cl)cc2)n1C[C@@H]1CCCO1. The Kier molecular flexibility index (Phi) is 5.19. The van der Waals surface area contributed by atoms with E-state index in [1.807, 2.05) is 24.3 Å². The number of halogens is 1. The maximum Gasteiger partial charge on any atom is 0.282 e. The monoisotopic (exact) mass is 388 g/mol. The summed E-state index contributed by atoms with van der Waals surface area (Å²) in [6.45, 7) is 1.23. The van der Waals surface area contributed by atoms with Crippen molar-refractivity contribution in [2.45, 2.75) is 36.4 Å². The molecule has 3 aromatic rings. The first-order chi connectivity index (χ1) is 12.7. The highest BCUT2D eigenvalue weighted by Gasteiger charge is 2.21. The van der Waals surface area contributed by atoms with E-state index in [1.54, 1.807) is 10.8 Å². The summed E-state index contributed by atoms with van der Waals surface area (Å²) >= 11 is 7.45. The Morgan fingerprint density at radius 2 is 2.04 bits per heavy atom. The maximum absolute atomic E-state index is 12.9. The molecule has 0 spiro atoms. The van der Waals surface area contributed by atoms with Crippen molar-refractivity contribution in [3.63, 3.8) is 0 Å². The fraction of sp³-hybridized carbons (Fsp3) is 0.333. The van der Waals surface area contributed by atoms with Gasteiger partial charge in [0, 0.05) is 29.8 Å². The molecule has 4 rings (SSSR count). The van der Waals surface area contributed by atoms with E-state index in [9.17, 15) is 4.79 Å². The molecule has 1 fully saturated rings. The Morgan fingerprint density at radius 3 is 2.81 bits per heavy atom. The van der Waals surface area contributed by atoms with Crippen LogP contribution in [0, 0.1) is 0 Å². The molecule has 0 unspecified atom stereocenters. The second-order valence-electron chi connectivity index (χ2n) is 6.09. The first kappa shape index (κ1) is 17.5. The third kappa shape index (κ3) is 3.75. The van der Waals surface area contributed by atoms with Crippen molar-refractivity contribution >= 4 is 34.5 Å². The lowest BCUT2D eigenvalue weighted by Gasteiger charge is -2.15. The van der Waals surface area contributed by atoms with Gasteiger partial charge in [-0.05, 0) is 30.5 Å². The summed E-state index contributed by atoms with van der Waals surface area (Å²) in [6.07, 6.45) is 5.08. The average molecular weight is 389 g/mol. The molecule has 134 valence electrons. The number of rotatable bonds is 5. The topological polar surface area (TPSA) is 69.9 Å². The minimum absolute atomic E-state index is 0.0403. The summed E-state index contributed by atoms with van der Waals surface area (Å²) in [5, 5.41) is 1.33. The molecule has 0 N–H and O–H groups in total. The standard InChI is InChI=1S/C18H17ClN4O2S/c19-13-5-3-12(4-6-13)11-26-18-22-16-15(20-7-8-21-16)17(24)23(18)10-14-2-1-9-25-14/h3-8,14H,1-2,9-11H2/t14-/m0/s1. The van der Waals surface area contributed by atoms with Gasteiger partial charge in [0.05, 0.1) is 12.6 Å². The summed E-state index contributed by atoms with van der Waals surface area (Å²) in [6, 6.07) is 7.66. The maximum atomic E-state index is 12.9. The average Bonchev–Trinajstić information content (AvgIpc) is 3.17. The van der Waals surface area contributed by atoms with E-state index in [0.717, 1.165) is 25.0 Å². The summed E-state index contributed by atoms with van der Waals surface area (Å²) < 4.78 is 7.38. The predicted octanol–water partition coefficient (Wildman–Crippen LogP) is 3.31. The Hall–Kier alpha value is -1.96. The number of hydrogen-bond donors (Lipinski definition) is 0. The lowest BCUT2D eigenvalue weighted by molar-refractivity contribution is 0.0937. The van der Waals surface area contributed by atoms with Gasteiger partial charge in [-0.2, -0.15) is 0 Å². The number of fused-ring (bicyclic) bond motifs is 1. The molecule has 1 saturated heterocycles. The van der Waals surface area contributed by atoms with Crippen LogP contribution in [0.5, 0.6) is 0 Å². The van der Waals surface area contributed by atoms with Crippen molar-refractivity contribution in [3.05, 3.63) is 57.6 Å². The van der Waals surface area contributed by atoms with Gasteiger partial charge in [0.1, 0.15) is 0 Å². The van der Waals surface area contributed by atoms with Gasteiger partial charge >= 0.3 is 0 Å². The molecule has 0 amide bonds. The van der Waals surface area contributed by atoms with E-state index in [1.165, 1.54) is 18.0 Å². The Labute approximate surface area is 159 Å². The van der Waals surface area contributed by atoms with E-state index in [2.05, 4.69) is 15.0 Å². The van der Waals surface area contributed by atoms with Crippen molar-refractivity contribution < 1.29 is 4.74 Å². The lowest BCUT2D eigenvalue weighted by atomic mass is 10.2. The zero-order valence-electron chi connectivity index (χ0n) is 14.0. The number of ether oxygens (including phenoxy) is 1. The second-order valence-corrected chi connectivity index (χ2v) is 7.47. The summed E-state index contributed by atoms with van der Waals surface area (Å²) in [5.74, 6) is 0.681. The van der Waals surface area contributed by atoms with E-state index < -0.39 is 0 Å². The number of aromatic nitrogens is 4. The van der Waals surface area contributed by atoms with Crippen LogP contribution >= 0.6 is 23.4 Å². The molecular formula is C18H17ClN4O2S. The molecule has 1 atom stereocenters. The van der Waals surface area contributed by atoms with Crippen molar-refractivity contribution in [2.24, 2.45) is 0 Å². The van der Waals surface area contributed by atoms with Gasteiger partial charge in [-0.25, -0.2) is 15.0 Å². The van der Waals surface area contributed by atoms with Crippen LogP contribution in [0.4, 0.5) is 0 Å². The number of benzene rings is 1. The molecule has 3 heterocycles. The van der Waals surface area contributed by atoms with E-state index in [4.69, 9.17) is 16.3 Å². The molecule has 0 radical (unpaired) electrons. The van der Waals surface area contributed by atoms with Crippen molar-refractivity contribution in [3.8, 4) is 0 Å². The van der Waals surface area contributed by atoms with Gasteiger partial charge < -0.3 is 4.74 Å². The van der Waals surface area contributed by atoms with Gasteiger partial charge in [-0.1, -0.05) is 35.5 Å². The van der Waals surface area contributed by atoms with Crippen molar-refractivity contribution in [2.75, 3.05) is 6.61 Å². The molecule has 26 heavy (non-hydrogen) atoms.